The lowest BCUT2D eigenvalue weighted by Crippen LogP contribution is -2.13. The van der Waals surface area contributed by atoms with Crippen molar-refractivity contribution in [3.05, 3.63) is 59.9 Å². The minimum absolute atomic E-state index is 0.221. The smallest absolute Gasteiger partial charge is 0.255 e. The number of carbonyl (C=O) groups is 1. The summed E-state index contributed by atoms with van der Waals surface area (Å²) < 4.78 is 12.6. The van der Waals surface area contributed by atoms with Crippen LogP contribution in [0.2, 0.25) is 0 Å². The van der Waals surface area contributed by atoms with E-state index >= 15 is 0 Å². The quantitative estimate of drug-likeness (QED) is 0.702. The van der Waals surface area contributed by atoms with E-state index in [0.717, 1.165) is 0 Å². The molecule has 1 heterocycles. The van der Waals surface area contributed by atoms with Crippen molar-refractivity contribution < 1.29 is 14.3 Å². The summed E-state index contributed by atoms with van der Waals surface area (Å²) in [5, 5.41) is 14.2. The Bertz CT molecular complexity index is 894. The summed E-state index contributed by atoms with van der Waals surface area (Å²) in [5.74, 6) is 1.53. The van der Waals surface area contributed by atoms with Crippen LogP contribution in [0.1, 0.15) is 23.1 Å². The second-order valence-electron chi connectivity index (χ2n) is 5.38. The summed E-state index contributed by atoms with van der Waals surface area (Å²) in [6.07, 6.45) is 0. The molecule has 8 heteroatoms. The fourth-order valence-electron chi connectivity index (χ4n) is 2.39. The number of hydrogen-bond donors (Lipinski definition) is 1. The summed E-state index contributed by atoms with van der Waals surface area (Å²) in [4.78, 5) is 12.5. The number of ether oxygens (including phenoxy) is 2. The predicted octanol–water partition coefficient (Wildman–Crippen LogP) is 2.53. The molecule has 2 aromatic carbocycles. The van der Waals surface area contributed by atoms with Crippen LogP contribution in [0.3, 0.4) is 0 Å². The van der Waals surface area contributed by atoms with Crippen molar-refractivity contribution in [2.45, 2.75) is 20.1 Å². The van der Waals surface area contributed by atoms with Crippen molar-refractivity contribution in [3.63, 3.8) is 0 Å². The van der Waals surface area contributed by atoms with Crippen LogP contribution in [0.5, 0.6) is 11.5 Å². The molecule has 0 aliphatic heterocycles. The molecule has 0 aliphatic rings. The number of tetrazole rings is 1. The van der Waals surface area contributed by atoms with E-state index in [0.29, 0.717) is 35.1 Å². The lowest BCUT2D eigenvalue weighted by atomic mass is 10.2. The van der Waals surface area contributed by atoms with E-state index in [4.69, 9.17) is 9.47 Å². The highest BCUT2D eigenvalue weighted by Gasteiger charge is 2.11. The SMILES string of the molecule is CCn1nnnc1COc1cccc(C(=O)Nc2ccccc2OC)c1. The minimum atomic E-state index is -0.252. The van der Waals surface area contributed by atoms with Crippen LogP contribution >= 0.6 is 0 Å². The van der Waals surface area contributed by atoms with Crippen LogP contribution in [-0.4, -0.2) is 33.2 Å². The summed E-state index contributed by atoms with van der Waals surface area (Å²) in [7, 11) is 1.56. The van der Waals surface area contributed by atoms with Crippen molar-refractivity contribution in [3.8, 4) is 11.5 Å². The predicted molar refractivity (Wildman–Crippen MR) is 95.2 cm³/mol. The molecular formula is C18H19N5O3. The number of aryl methyl sites for hydroxylation is 1. The van der Waals surface area contributed by atoms with Gasteiger partial charge in [0.2, 0.25) is 0 Å². The molecule has 0 bridgehead atoms. The maximum absolute atomic E-state index is 12.5. The first kappa shape index (κ1) is 17.4. The molecule has 0 aliphatic carbocycles. The molecule has 8 nitrogen and oxygen atoms in total. The third-order valence-electron chi connectivity index (χ3n) is 3.72. The second kappa shape index (κ2) is 8.11. The first-order chi connectivity index (χ1) is 12.7. The van der Waals surface area contributed by atoms with Gasteiger partial charge in [-0.1, -0.05) is 18.2 Å². The first-order valence-electron chi connectivity index (χ1n) is 8.13. The van der Waals surface area contributed by atoms with E-state index in [2.05, 4.69) is 20.8 Å². The molecule has 0 saturated carbocycles. The molecule has 0 atom stereocenters. The highest BCUT2D eigenvalue weighted by atomic mass is 16.5. The topological polar surface area (TPSA) is 91.2 Å². The Morgan fingerprint density at radius 1 is 1.19 bits per heavy atom. The molecule has 3 rings (SSSR count). The van der Waals surface area contributed by atoms with Crippen molar-refractivity contribution in [2.75, 3.05) is 12.4 Å². The molecule has 1 aromatic heterocycles. The summed E-state index contributed by atoms with van der Waals surface area (Å²) >= 11 is 0. The molecule has 0 radical (unpaired) electrons. The van der Waals surface area contributed by atoms with Gasteiger partial charge in [-0.05, 0) is 47.7 Å². The van der Waals surface area contributed by atoms with Gasteiger partial charge >= 0.3 is 0 Å². The van der Waals surface area contributed by atoms with Gasteiger partial charge in [-0.15, -0.1) is 5.10 Å². The Morgan fingerprint density at radius 3 is 2.85 bits per heavy atom. The number of amides is 1. The molecular weight excluding hydrogens is 334 g/mol. The van der Waals surface area contributed by atoms with E-state index in [1.807, 2.05) is 19.1 Å². The standard InChI is InChI=1S/C18H19N5O3/c1-3-23-17(20-21-22-23)12-26-14-8-6-7-13(11-14)18(24)19-15-9-4-5-10-16(15)25-2/h4-11H,3,12H2,1-2H3,(H,19,24). The average Bonchev–Trinajstić information content (AvgIpc) is 3.14. The molecule has 0 fully saturated rings. The van der Waals surface area contributed by atoms with Crippen molar-refractivity contribution in [1.29, 1.82) is 0 Å². The summed E-state index contributed by atoms with van der Waals surface area (Å²) in [6.45, 7) is 2.83. The van der Waals surface area contributed by atoms with Gasteiger partial charge in [0, 0.05) is 12.1 Å². The van der Waals surface area contributed by atoms with E-state index in [-0.39, 0.29) is 12.5 Å². The molecule has 134 valence electrons. The summed E-state index contributed by atoms with van der Waals surface area (Å²) in [6, 6.07) is 14.2. The maximum Gasteiger partial charge on any atom is 0.255 e. The van der Waals surface area contributed by atoms with Gasteiger partial charge in [-0.25, -0.2) is 4.68 Å². The Kier molecular flexibility index (Phi) is 5.43. The van der Waals surface area contributed by atoms with Crippen LogP contribution < -0.4 is 14.8 Å². The van der Waals surface area contributed by atoms with Gasteiger partial charge in [-0.3, -0.25) is 4.79 Å². The molecule has 26 heavy (non-hydrogen) atoms. The zero-order chi connectivity index (χ0) is 18.4. The normalized spacial score (nSPS) is 10.4. The van der Waals surface area contributed by atoms with Gasteiger partial charge in [0.05, 0.1) is 12.8 Å². The summed E-state index contributed by atoms with van der Waals surface area (Å²) in [5.41, 5.74) is 1.08. The van der Waals surface area contributed by atoms with Crippen LogP contribution in [0.25, 0.3) is 0 Å². The number of anilines is 1. The Morgan fingerprint density at radius 2 is 2.04 bits per heavy atom. The number of methoxy groups -OCH3 is 1. The highest BCUT2D eigenvalue weighted by Crippen LogP contribution is 2.24. The van der Waals surface area contributed by atoms with Gasteiger partial charge in [0.25, 0.3) is 5.91 Å². The second-order valence-corrected chi connectivity index (χ2v) is 5.38. The number of nitrogens with one attached hydrogen (secondary N) is 1. The lowest BCUT2D eigenvalue weighted by molar-refractivity contribution is 0.102. The Labute approximate surface area is 150 Å². The van der Waals surface area contributed by atoms with E-state index in [1.165, 1.54) is 0 Å². The van der Waals surface area contributed by atoms with Crippen LogP contribution in [0.15, 0.2) is 48.5 Å². The minimum Gasteiger partial charge on any atom is -0.495 e. The number of para-hydroxylation sites is 2. The highest BCUT2D eigenvalue weighted by molar-refractivity contribution is 6.05. The number of rotatable bonds is 7. The zero-order valence-electron chi connectivity index (χ0n) is 14.5. The van der Waals surface area contributed by atoms with E-state index in [1.54, 1.807) is 48.2 Å². The average molecular weight is 353 g/mol. The number of aromatic nitrogens is 4. The molecule has 1 amide bonds. The van der Waals surface area contributed by atoms with Crippen LogP contribution in [0, 0.1) is 0 Å². The third-order valence-corrected chi connectivity index (χ3v) is 3.72. The molecule has 0 unspecified atom stereocenters. The first-order valence-corrected chi connectivity index (χ1v) is 8.13. The van der Waals surface area contributed by atoms with Gasteiger partial charge in [-0.2, -0.15) is 0 Å². The number of hydrogen-bond acceptors (Lipinski definition) is 6. The fraction of sp³-hybridized carbons (Fsp3) is 0.222. The lowest BCUT2D eigenvalue weighted by Gasteiger charge is -2.11. The molecule has 0 spiro atoms. The van der Waals surface area contributed by atoms with E-state index in [9.17, 15) is 4.79 Å². The number of nitrogens with zero attached hydrogens (tertiary/aromatic N) is 4. The fourth-order valence-corrected chi connectivity index (χ4v) is 2.39. The van der Waals surface area contributed by atoms with Gasteiger partial charge < -0.3 is 14.8 Å². The molecule has 3 aromatic rings. The number of carbonyl (C=O) groups excluding carboxylic acids is 1. The molecule has 1 N–H and O–H groups in total. The largest absolute Gasteiger partial charge is 0.495 e. The zero-order valence-corrected chi connectivity index (χ0v) is 14.5. The van der Waals surface area contributed by atoms with Crippen molar-refractivity contribution in [1.82, 2.24) is 20.2 Å². The van der Waals surface area contributed by atoms with Crippen molar-refractivity contribution >= 4 is 11.6 Å². The maximum atomic E-state index is 12.5. The third kappa shape index (κ3) is 3.97. The monoisotopic (exact) mass is 353 g/mol. The number of benzene rings is 2. The van der Waals surface area contributed by atoms with Gasteiger partial charge in [0.15, 0.2) is 5.82 Å². The Hall–Kier alpha value is -3.42. The van der Waals surface area contributed by atoms with Crippen LogP contribution in [0.4, 0.5) is 5.69 Å². The van der Waals surface area contributed by atoms with E-state index < -0.39 is 0 Å². The molecule has 0 saturated heterocycles. The van der Waals surface area contributed by atoms with Crippen molar-refractivity contribution in [2.24, 2.45) is 0 Å². The van der Waals surface area contributed by atoms with Gasteiger partial charge in [0.1, 0.15) is 18.1 Å². The Balaban J connectivity index is 1.69. The van der Waals surface area contributed by atoms with Crippen LogP contribution in [-0.2, 0) is 13.2 Å².